The van der Waals surface area contributed by atoms with Gasteiger partial charge in [-0.05, 0) is 22.2 Å². The van der Waals surface area contributed by atoms with Crippen molar-refractivity contribution in [2.75, 3.05) is 20.4 Å². The van der Waals surface area contributed by atoms with Crippen molar-refractivity contribution in [3.63, 3.8) is 0 Å². The van der Waals surface area contributed by atoms with Crippen LogP contribution in [0.3, 0.4) is 0 Å². The molecule has 0 aromatic carbocycles. The van der Waals surface area contributed by atoms with Crippen LogP contribution in [-0.4, -0.2) is 36.0 Å². The zero-order valence-electron chi connectivity index (χ0n) is 8.61. The summed E-state index contributed by atoms with van der Waals surface area (Å²) in [5, 5.41) is 0. The lowest BCUT2D eigenvalue weighted by Gasteiger charge is -2.07. The fraction of sp³-hybridized carbons (Fsp3) is 0.500. The van der Waals surface area contributed by atoms with Crippen molar-refractivity contribution in [3.05, 3.63) is 20.6 Å². The average molecular weight is 295 g/mol. The highest BCUT2D eigenvalue weighted by Crippen LogP contribution is 2.17. The minimum atomic E-state index is -0.493. The fourth-order valence-corrected chi connectivity index (χ4v) is 1.95. The Hall–Kier alpha value is -0.690. The maximum Gasteiger partial charge on any atom is 0.360 e. The van der Waals surface area contributed by atoms with Crippen LogP contribution in [0.25, 0.3) is 0 Å². The molecule has 1 aromatic rings. The van der Waals surface area contributed by atoms with Crippen molar-refractivity contribution in [2.24, 2.45) is 0 Å². The van der Waals surface area contributed by atoms with Gasteiger partial charge in [-0.15, -0.1) is 0 Å². The van der Waals surface area contributed by atoms with Gasteiger partial charge in [0, 0.05) is 14.1 Å². The number of rotatable bonds is 2. The quantitative estimate of drug-likeness (QED) is 0.831. The van der Waals surface area contributed by atoms with Crippen molar-refractivity contribution in [2.45, 2.75) is 5.75 Å². The summed E-state index contributed by atoms with van der Waals surface area (Å²) in [6, 6.07) is -0.493. The van der Waals surface area contributed by atoms with Gasteiger partial charge in [0.2, 0.25) is 0 Å². The minimum absolute atomic E-state index is 0.312. The van der Waals surface area contributed by atoms with Crippen LogP contribution in [0.2, 0.25) is 0 Å². The van der Waals surface area contributed by atoms with Crippen LogP contribution in [0.15, 0.2) is 13.8 Å². The highest BCUT2D eigenvalue weighted by Gasteiger charge is 2.20. The van der Waals surface area contributed by atoms with Crippen LogP contribution in [0.4, 0.5) is 4.79 Å². The molecule has 5 nitrogen and oxygen atoms in total. The van der Waals surface area contributed by atoms with E-state index in [0.717, 1.165) is 4.74 Å². The summed E-state index contributed by atoms with van der Waals surface area (Å²) >= 11 is 4.62. The highest BCUT2D eigenvalue weighted by atomic mass is 79.9. The smallest absolute Gasteiger partial charge is 0.360 e. The highest BCUT2D eigenvalue weighted by molar-refractivity contribution is 9.10. The van der Waals surface area contributed by atoms with Gasteiger partial charge in [0.05, 0.1) is 5.75 Å². The minimum Gasteiger partial charge on any atom is -0.369 e. The molecule has 0 saturated heterocycles. The average Bonchev–Trinajstić information content (AvgIpc) is 2.45. The maximum atomic E-state index is 11.6. The second-order valence-electron chi connectivity index (χ2n) is 3.04. The molecule has 0 fully saturated rings. The number of thioether (sulfide) groups is 1. The Morgan fingerprint density at radius 1 is 1.60 bits per heavy atom. The van der Waals surface area contributed by atoms with Gasteiger partial charge in [0.1, 0.15) is 4.47 Å². The van der Waals surface area contributed by atoms with Crippen LogP contribution in [0.5, 0.6) is 0 Å². The number of amides is 1. The van der Waals surface area contributed by atoms with Crippen molar-refractivity contribution in [1.82, 2.24) is 9.64 Å². The molecule has 1 amide bonds. The second-order valence-corrected chi connectivity index (χ2v) is 4.70. The second kappa shape index (κ2) is 4.89. The van der Waals surface area contributed by atoms with E-state index in [1.54, 1.807) is 14.1 Å². The van der Waals surface area contributed by atoms with Gasteiger partial charge in [-0.1, -0.05) is 4.74 Å². The van der Waals surface area contributed by atoms with E-state index in [4.69, 9.17) is 4.52 Å². The summed E-state index contributed by atoms with van der Waals surface area (Å²) < 4.78 is 6.21. The Balaban J connectivity index is 3.16. The molecule has 1 heterocycles. The van der Waals surface area contributed by atoms with Crippen LogP contribution in [0, 0.1) is 0 Å². The molecule has 0 aliphatic rings. The number of carbonyl (C=O) groups excluding carboxylic acids is 1. The Kier molecular flexibility index (Phi) is 4.04. The Bertz CT molecular complexity index is 424. The molecule has 0 N–H and O–H groups in total. The van der Waals surface area contributed by atoms with Gasteiger partial charge < -0.3 is 9.42 Å². The Morgan fingerprint density at radius 3 is 2.67 bits per heavy atom. The molecule has 1 rings (SSSR count). The molecule has 0 bridgehead atoms. The summed E-state index contributed by atoms with van der Waals surface area (Å²) in [4.78, 5) is 24.4. The molecule has 0 radical (unpaired) electrons. The third kappa shape index (κ3) is 2.46. The van der Waals surface area contributed by atoms with Crippen LogP contribution in [-0.2, 0) is 5.75 Å². The van der Waals surface area contributed by atoms with Crippen molar-refractivity contribution in [1.29, 1.82) is 0 Å². The van der Waals surface area contributed by atoms with Crippen molar-refractivity contribution < 1.29 is 9.32 Å². The summed E-state index contributed by atoms with van der Waals surface area (Å²) in [6.07, 6.45) is 1.89. The molecule has 0 aliphatic carbocycles. The van der Waals surface area contributed by atoms with E-state index < -0.39 is 11.6 Å². The number of hydrogen-bond donors (Lipinski definition) is 0. The molecule has 7 heteroatoms. The zero-order chi connectivity index (χ0) is 11.6. The van der Waals surface area contributed by atoms with E-state index in [1.807, 2.05) is 6.26 Å². The zero-order valence-corrected chi connectivity index (χ0v) is 11.0. The van der Waals surface area contributed by atoms with E-state index >= 15 is 0 Å². The summed E-state index contributed by atoms with van der Waals surface area (Å²) in [6.45, 7) is 0. The molecule has 84 valence electrons. The molecule has 0 unspecified atom stereocenters. The van der Waals surface area contributed by atoms with Gasteiger partial charge in [-0.2, -0.15) is 11.8 Å². The fourth-order valence-electron chi connectivity index (χ4n) is 0.929. The van der Waals surface area contributed by atoms with Gasteiger partial charge in [0.25, 0.3) is 0 Å². The summed E-state index contributed by atoms with van der Waals surface area (Å²) in [5.41, 5.74) is -0.460. The number of nitrogens with zero attached hydrogens (tertiary/aromatic N) is 2. The molecule has 0 saturated carbocycles. The topological polar surface area (TPSA) is 55.5 Å². The number of aromatic nitrogens is 1. The predicted octanol–water partition coefficient (Wildman–Crippen LogP) is 1.60. The van der Waals surface area contributed by atoms with E-state index in [2.05, 4.69) is 15.9 Å². The monoisotopic (exact) mass is 294 g/mol. The number of halogens is 1. The van der Waals surface area contributed by atoms with Crippen LogP contribution < -0.4 is 5.56 Å². The van der Waals surface area contributed by atoms with Crippen LogP contribution in [0.1, 0.15) is 5.76 Å². The van der Waals surface area contributed by atoms with Gasteiger partial charge >= 0.3 is 11.6 Å². The van der Waals surface area contributed by atoms with E-state index in [1.165, 1.54) is 16.7 Å². The van der Waals surface area contributed by atoms with Crippen molar-refractivity contribution in [3.8, 4) is 0 Å². The SMILES string of the molecule is CSCc1on(C(=O)N(C)C)c(=O)c1Br. The summed E-state index contributed by atoms with van der Waals surface area (Å²) in [5.74, 6) is 1.02. The van der Waals surface area contributed by atoms with E-state index in [9.17, 15) is 9.59 Å². The normalized spacial score (nSPS) is 10.4. The third-order valence-electron chi connectivity index (χ3n) is 1.65. The van der Waals surface area contributed by atoms with E-state index in [-0.39, 0.29) is 0 Å². The largest absolute Gasteiger partial charge is 0.369 e. The molecular formula is C8H11BrN2O3S. The lowest BCUT2D eigenvalue weighted by atomic mass is 10.5. The van der Waals surface area contributed by atoms with Gasteiger partial charge in [-0.3, -0.25) is 4.79 Å². The molecular weight excluding hydrogens is 284 g/mol. The van der Waals surface area contributed by atoms with Crippen LogP contribution >= 0.6 is 27.7 Å². The lowest BCUT2D eigenvalue weighted by molar-refractivity contribution is 0.182. The maximum absolute atomic E-state index is 11.6. The summed E-state index contributed by atoms with van der Waals surface area (Å²) in [7, 11) is 3.11. The Morgan fingerprint density at radius 2 is 2.20 bits per heavy atom. The first-order valence-electron chi connectivity index (χ1n) is 4.10. The Labute approximate surface area is 99.5 Å². The standard InChI is InChI=1S/C8H11BrN2O3S/c1-10(2)8(13)11-7(12)6(9)5(14-11)4-15-3/h4H2,1-3H3. The first-order valence-corrected chi connectivity index (χ1v) is 6.29. The third-order valence-corrected chi connectivity index (χ3v) is 2.98. The van der Waals surface area contributed by atoms with Crippen molar-refractivity contribution >= 4 is 33.7 Å². The first-order chi connectivity index (χ1) is 6.99. The van der Waals surface area contributed by atoms with Gasteiger partial charge in [0.15, 0.2) is 5.76 Å². The predicted molar refractivity (Wildman–Crippen MR) is 62.4 cm³/mol. The number of carbonyl (C=O) groups is 1. The van der Waals surface area contributed by atoms with Gasteiger partial charge in [-0.25, -0.2) is 4.79 Å². The van der Waals surface area contributed by atoms with E-state index in [0.29, 0.717) is 16.0 Å². The lowest BCUT2D eigenvalue weighted by Crippen LogP contribution is -2.33. The molecule has 0 atom stereocenters. The number of hydrogen-bond acceptors (Lipinski definition) is 4. The molecule has 0 aliphatic heterocycles. The molecule has 0 spiro atoms. The molecule has 1 aromatic heterocycles. The first kappa shape index (κ1) is 12.4. The molecule has 15 heavy (non-hydrogen) atoms.